The zero-order chi connectivity index (χ0) is 15.1. The van der Waals surface area contributed by atoms with E-state index >= 15 is 0 Å². The maximum atomic E-state index is 5.74. The molecule has 0 aliphatic rings. The molecule has 19 heavy (non-hydrogen) atoms. The van der Waals surface area contributed by atoms with Gasteiger partial charge in [-0.15, -0.1) is 0 Å². The minimum absolute atomic E-state index is 0.103. The Balaban J connectivity index is 4.19. The van der Waals surface area contributed by atoms with Crippen LogP contribution in [0.3, 0.4) is 0 Å². The fraction of sp³-hybridized carbons (Fsp3) is 0.812. The molecule has 0 amide bonds. The third-order valence-electron chi connectivity index (χ3n) is 2.60. The van der Waals surface area contributed by atoms with Crippen LogP contribution in [0.1, 0.15) is 61.3 Å². The zero-order valence-corrected chi connectivity index (χ0v) is 13.9. The highest BCUT2D eigenvalue weighted by Crippen LogP contribution is 2.20. The molecule has 0 aliphatic carbocycles. The highest BCUT2D eigenvalue weighted by atomic mass is 16.5. The van der Waals surface area contributed by atoms with Crippen molar-refractivity contribution in [1.82, 2.24) is 5.01 Å². The van der Waals surface area contributed by atoms with Crippen LogP contribution >= 0.6 is 0 Å². The van der Waals surface area contributed by atoms with Gasteiger partial charge in [-0.2, -0.15) is 5.10 Å². The SMILES string of the molecule is C=NN(/C=C(\C)COC(C)(C)C)CCCC(C)(C)C. The van der Waals surface area contributed by atoms with Crippen LogP contribution in [0.4, 0.5) is 0 Å². The molecule has 0 fully saturated rings. The molecule has 0 aromatic carbocycles. The van der Waals surface area contributed by atoms with Crippen LogP contribution in [-0.2, 0) is 4.74 Å². The Kier molecular flexibility index (Phi) is 7.35. The number of hydrazone groups is 1. The summed E-state index contributed by atoms with van der Waals surface area (Å²) in [5.41, 5.74) is 1.44. The molecular formula is C16H32N2O. The first kappa shape index (κ1) is 18.2. The van der Waals surface area contributed by atoms with Crippen molar-refractivity contribution in [3.8, 4) is 0 Å². The molecule has 0 aromatic rings. The van der Waals surface area contributed by atoms with Crippen LogP contribution in [0.15, 0.2) is 16.9 Å². The van der Waals surface area contributed by atoms with E-state index in [0.29, 0.717) is 12.0 Å². The fourth-order valence-corrected chi connectivity index (χ4v) is 1.57. The molecular weight excluding hydrogens is 236 g/mol. The highest BCUT2D eigenvalue weighted by Gasteiger charge is 2.11. The number of ether oxygens (including phenoxy) is 1. The lowest BCUT2D eigenvalue weighted by Gasteiger charge is -2.22. The van der Waals surface area contributed by atoms with Gasteiger partial charge in [-0.05, 0) is 51.5 Å². The molecule has 0 radical (unpaired) electrons. The first-order valence-electron chi connectivity index (χ1n) is 7.08. The average Bonchev–Trinajstić information content (AvgIpc) is 2.22. The summed E-state index contributed by atoms with van der Waals surface area (Å²) in [5, 5.41) is 5.95. The topological polar surface area (TPSA) is 24.8 Å². The first-order chi connectivity index (χ1) is 8.53. The molecule has 0 bridgehead atoms. The third kappa shape index (κ3) is 12.0. The van der Waals surface area contributed by atoms with E-state index in [1.54, 1.807) is 0 Å². The van der Waals surface area contributed by atoms with E-state index in [4.69, 9.17) is 4.74 Å². The molecule has 0 aliphatic heterocycles. The Hall–Kier alpha value is -0.830. The van der Waals surface area contributed by atoms with Gasteiger partial charge in [-0.3, -0.25) is 5.01 Å². The molecule has 112 valence electrons. The second-order valence-corrected chi connectivity index (χ2v) is 7.35. The molecule has 0 atom stereocenters. The van der Waals surface area contributed by atoms with E-state index in [9.17, 15) is 0 Å². The van der Waals surface area contributed by atoms with E-state index in [-0.39, 0.29) is 5.60 Å². The van der Waals surface area contributed by atoms with Gasteiger partial charge in [0.25, 0.3) is 0 Å². The summed E-state index contributed by atoms with van der Waals surface area (Å²) in [7, 11) is 0. The molecule has 3 heteroatoms. The largest absolute Gasteiger partial charge is 0.371 e. The molecule has 3 nitrogen and oxygen atoms in total. The summed E-state index contributed by atoms with van der Waals surface area (Å²) in [6.07, 6.45) is 4.33. The maximum Gasteiger partial charge on any atom is 0.0698 e. The van der Waals surface area contributed by atoms with Crippen molar-refractivity contribution < 1.29 is 4.74 Å². The van der Waals surface area contributed by atoms with Crippen molar-refractivity contribution in [3.05, 3.63) is 11.8 Å². The molecule has 0 N–H and O–H groups in total. The van der Waals surface area contributed by atoms with Crippen molar-refractivity contribution in [3.63, 3.8) is 0 Å². The van der Waals surface area contributed by atoms with Crippen molar-refractivity contribution in [2.45, 2.75) is 66.9 Å². The van der Waals surface area contributed by atoms with Crippen LogP contribution in [-0.4, -0.2) is 30.5 Å². The van der Waals surface area contributed by atoms with Crippen molar-refractivity contribution >= 4 is 6.72 Å². The summed E-state index contributed by atoms with van der Waals surface area (Å²) in [6, 6.07) is 0. The van der Waals surface area contributed by atoms with Gasteiger partial charge in [0.2, 0.25) is 0 Å². The minimum Gasteiger partial charge on any atom is -0.371 e. The van der Waals surface area contributed by atoms with Gasteiger partial charge in [0.1, 0.15) is 0 Å². The third-order valence-corrected chi connectivity index (χ3v) is 2.60. The van der Waals surface area contributed by atoms with E-state index in [1.807, 2.05) is 11.2 Å². The number of nitrogens with zero attached hydrogens (tertiary/aromatic N) is 2. The summed E-state index contributed by atoms with van der Waals surface area (Å²) in [5.74, 6) is 0. The number of hydrogen-bond acceptors (Lipinski definition) is 3. The molecule has 0 heterocycles. The van der Waals surface area contributed by atoms with Gasteiger partial charge in [-0.25, -0.2) is 0 Å². The second kappa shape index (κ2) is 7.68. The summed E-state index contributed by atoms with van der Waals surface area (Å²) in [4.78, 5) is 0. The minimum atomic E-state index is -0.103. The fourth-order valence-electron chi connectivity index (χ4n) is 1.57. The van der Waals surface area contributed by atoms with Crippen LogP contribution < -0.4 is 0 Å². The van der Waals surface area contributed by atoms with Crippen molar-refractivity contribution in [1.29, 1.82) is 0 Å². The summed E-state index contributed by atoms with van der Waals surface area (Å²) < 4.78 is 5.74. The Morgan fingerprint density at radius 3 is 2.21 bits per heavy atom. The molecule has 0 rings (SSSR count). The Bertz CT molecular complexity index is 295. The van der Waals surface area contributed by atoms with Gasteiger partial charge < -0.3 is 4.74 Å². The lowest BCUT2D eigenvalue weighted by molar-refractivity contribution is 0.0106. The Labute approximate surface area is 119 Å². The molecule has 0 unspecified atom stereocenters. The van der Waals surface area contributed by atoms with Gasteiger partial charge in [0.05, 0.1) is 12.2 Å². The monoisotopic (exact) mass is 268 g/mol. The number of hydrogen-bond donors (Lipinski definition) is 0. The van der Waals surface area contributed by atoms with E-state index < -0.39 is 0 Å². The molecule has 0 aromatic heterocycles. The van der Waals surface area contributed by atoms with Crippen LogP contribution in [0.25, 0.3) is 0 Å². The van der Waals surface area contributed by atoms with Gasteiger partial charge in [0, 0.05) is 19.5 Å². The highest BCUT2D eigenvalue weighted by molar-refractivity contribution is 5.23. The van der Waals surface area contributed by atoms with E-state index in [2.05, 4.69) is 60.3 Å². The summed E-state index contributed by atoms with van der Waals surface area (Å²) >= 11 is 0. The first-order valence-corrected chi connectivity index (χ1v) is 7.08. The average molecular weight is 268 g/mol. The Morgan fingerprint density at radius 2 is 1.79 bits per heavy atom. The lowest BCUT2D eigenvalue weighted by atomic mass is 9.91. The van der Waals surface area contributed by atoms with Crippen molar-refractivity contribution in [2.24, 2.45) is 10.5 Å². The normalized spacial score (nSPS) is 13.5. The maximum absolute atomic E-state index is 5.74. The quantitative estimate of drug-likeness (QED) is 0.503. The van der Waals surface area contributed by atoms with Crippen LogP contribution in [0, 0.1) is 5.41 Å². The van der Waals surface area contributed by atoms with Gasteiger partial charge in [0.15, 0.2) is 0 Å². The van der Waals surface area contributed by atoms with Crippen LogP contribution in [0.2, 0.25) is 0 Å². The molecule has 0 spiro atoms. The zero-order valence-electron chi connectivity index (χ0n) is 13.9. The van der Waals surface area contributed by atoms with Crippen LogP contribution in [0.5, 0.6) is 0 Å². The smallest absolute Gasteiger partial charge is 0.0698 e. The summed E-state index contributed by atoms with van der Waals surface area (Å²) in [6.45, 7) is 20.2. The van der Waals surface area contributed by atoms with Crippen molar-refractivity contribution in [2.75, 3.05) is 13.2 Å². The van der Waals surface area contributed by atoms with Gasteiger partial charge >= 0.3 is 0 Å². The predicted octanol–water partition coefficient (Wildman–Crippen LogP) is 4.45. The number of rotatable bonds is 7. The van der Waals surface area contributed by atoms with Gasteiger partial charge in [-0.1, -0.05) is 20.8 Å². The predicted molar refractivity (Wildman–Crippen MR) is 84.4 cm³/mol. The standard InChI is InChI=1S/C16H32N2O/c1-14(13-19-16(5,6)7)12-18(17-8)11-9-10-15(2,3)4/h12H,8-11,13H2,1-7H3/b14-12+. The van der Waals surface area contributed by atoms with E-state index in [0.717, 1.165) is 18.5 Å². The Morgan fingerprint density at radius 1 is 1.21 bits per heavy atom. The molecule has 0 saturated carbocycles. The lowest BCUT2D eigenvalue weighted by Crippen LogP contribution is -2.21. The van der Waals surface area contributed by atoms with E-state index in [1.165, 1.54) is 6.42 Å². The second-order valence-electron chi connectivity index (χ2n) is 7.35. The molecule has 0 saturated heterocycles.